The Morgan fingerprint density at radius 3 is 2.50 bits per heavy atom. The number of carbonyl (C=O) groups excluding carboxylic acids is 2. The average Bonchev–Trinajstić information content (AvgIpc) is 3.57. The number of aromatic nitrogens is 2. The molecule has 0 radical (unpaired) electrons. The third-order valence-corrected chi connectivity index (χ3v) is 6.99. The zero-order valence-electron chi connectivity index (χ0n) is 21.1. The van der Waals surface area contributed by atoms with Gasteiger partial charge in [0.1, 0.15) is 18.1 Å². The van der Waals surface area contributed by atoms with E-state index in [-0.39, 0.29) is 12.3 Å². The molecule has 0 bridgehead atoms. The molecule has 3 N–H and O–H groups in total. The van der Waals surface area contributed by atoms with Crippen LogP contribution >= 0.6 is 0 Å². The SMILES string of the molecule is CC(=O)Nc1ccc(CC(NC(=O)c2ccc3c(c2)nc(-c2ccoc2)n3C2CCCCC2)C(=O)O)cc1. The summed E-state index contributed by atoms with van der Waals surface area (Å²) in [6.45, 7) is 1.42. The summed E-state index contributed by atoms with van der Waals surface area (Å²) >= 11 is 0. The largest absolute Gasteiger partial charge is 0.480 e. The Hall–Kier alpha value is -4.40. The van der Waals surface area contributed by atoms with Gasteiger partial charge in [-0.1, -0.05) is 31.4 Å². The van der Waals surface area contributed by atoms with Crippen molar-refractivity contribution in [2.75, 3.05) is 5.32 Å². The third kappa shape index (κ3) is 5.46. The maximum atomic E-state index is 13.1. The third-order valence-electron chi connectivity index (χ3n) is 6.99. The maximum Gasteiger partial charge on any atom is 0.326 e. The smallest absolute Gasteiger partial charge is 0.326 e. The Balaban J connectivity index is 1.38. The molecule has 1 atom stereocenters. The summed E-state index contributed by atoms with van der Waals surface area (Å²) in [5.74, 6) is -0.990. The Morgan fingerprint density at radius 1 is 1.08 bits per heavy atom. The van der Waals surface area contributed by atoms with Crippen LogP contribution in [0.25, 0.3) is 22.4 Å². The van der Waals surface area contributed by atoms with Gasteiger partial charge in [-0.15, -0.1) is 0 Å². The van der Waals surface area contributed by atoms with Gasteiger partial charge in [-0.25, -0.2) is 9.78 Å². The first kappa shape index (κ1) is 25.3. The molecule has 2 heterocycles. The van der Waals surface area contributed by atoms with Crippen molar-refractivity contribution in [2.45, 2.75) is 57.5 Å². The van der Waals surface area contributed by atoms with Crippen molar-refractivity contribution >= 4 is 34.5 Å². The van der Waals surface area contributed by atoms with Crippen molar-refractivity contribution in [3.05, 3.63) is 72.2 Å². The summed E-state index contributed by atoms with van der Waals surface area (Å²) in [7, 11) is 0. The molecule has 1 fully saturated rings. The number of fused-ring (bicyclic) bond motifs is 1. The lowest BCUT2D eigenvalue weighted by Crippen LogP contribution is -2.42. The summed E-state index contributed by atoms with van der Waals surface area (Å²) < 4.78 is 7.57. The van der Waals surface area contributed by atoms with Crippen molar-refractivity contribution in [3.8, 4) is 11.4 Å². The fourth-order valence-electron chi connectivity index (χ4n) is 5.15. The van der Waals surface area contributed by atoms with Crippen LogP contribution in [0.15, 0.2) is 65.5 Å². The van der Waals surface area contributed by atoms with Gasteiger partial charge in [0.25, 0.3) is 5.91 Å². The molecular weight excluding hydrogens is 484 g/mol. The number of hydrogen-bond donors (Lipinski definition) is 3. The van der Waals surface area contributed by atoms with Gasteiger partial charge in [0.2, 0.25) is 5.91 Å². The minimum Gasteiger partial charge on any atom is -0.480 e. The Bertz CT molecular complexity index is 1450. The van der Waals surface area contributed by atoms with E-state index in [0.717, 1.165) is 35.3 Å². The van der Waals surface area contributed by atoms with E-state index in [1.54, 1.807) is 48.9 Å². The number of carbonyl (C=O) groups is 3. The number of carboxylic acids is 1. The van der Waals surface area contributed by atoms with E-state index in [9.17, 15) is 19.5 Å². The Labute approximate surface area is 219 Å². The number of imidazole rings is 1. The number of rotatable bonds is 8. The monoisotopic (exact) mass is 514 g/mol. The first-order chi connectivity index (χ1) is 18.4. The summed E-state index contributed by atoms with van der Waals surface area (Å²) in [5, 5.41) is 15.1. The van der Waals surface area contributed by atoms with Crippen LogP contribution in [0.2, 0.25) is 0 Å². The highest BCUT2D eigenvalue weighted by Gasteiger charge is 2.25. The predicted molar refractivity (Wildman–Crippen MR) is 143 cm³/mol. The minimum absolute atomic E-state index is 0.102. The molecule has 0 aliphatic heterocycles. The van der Waals surface area contributed by atoms with Crippen LogP contribution in [0.5, 0.6) is 0 Å². The highest BCUT2D eigenvalue weighted by Crippen LogP contribution is 2.36. The zero-order valence-corrected chi connectivity index (χ0v) is 21.1. The molecule has 5 rings (SSSR count). The molecular formula is C29H30N4O5. The van der Waals surface area contributed by atoms with E-state index in [2.05, 4.69) is 15.2 Å². The first-order valence-electron chi connectivity index (χ1n) is 12.8. The van der Waals surface area contributed by atoms with Gasteiger partial charge in [-0.05, 0) is 54.8 Å². The van der Waals surface area contributed by atoms with E-state index in [4.69, 9.17) is 9.40 Å². The molecule has 2 amide bonds. The van der Waals surface area contributed by atoms with Crippen molar-refractivity contribution in [3.63, 3.8) is 0 Å². The first-order valence-corrected chi connectivity index (χ1v) is 12.8. The molecule has 4 aromatic rings. The summed E-state index contributed by atoms with van der Waals surface area (Å²) in [5.41, 5.74) is 4.19. The minimum atomic E-state index is -1.13. The second kappa shape index (κ2) is 10.9. The van der Waals surface area contributed by atoms with Crippen molar-refractivity contribution < 1.29 is 23.9 Å². The summed E-state index contributed by atoms with van der Waals surface area (Å²) in [6, 6.07) is 13.3. The molecule has 9 nitrogen and oxygen atoms in total. The number of furan rings is 1. The van der Waals surface area contributed by atoms with Gasteiger partial charge in [0.05, 0.1) is 22.9 Å². The van der Waals surface area contributed by atoms with Gasteiger partial charge >= 0.3 is 5.97 Å². The van der Waals surface area contributed by atoms with Crippen molar-refractivity contribution in [1.29, 1.82) is 0 Å². The van der Waals surface area contributed by atoms with E-state index >= 15 is 0 Å². The van der Waals surface area contributed by atoms with E-state index in [1.165, 1.54) is 26.2 Å². The Morgan fingerprint density at radius 2 is 1.84 bits per heavy atom. The molecule has 1 unspecified atom stereocenters. The predicted octanol–water partition coefficient (Wildman–Crippen LogP) is 5.19. The number of aliphatic carboxylic acids is 1. The van der Waals surface area contributed by atoms with E-state index < -0.39 is 17.9 Å². The second-order valence-electron chi connectivity index (χ2n) is 9.76. The van der Waals surface area contributed by atoms with E-state index in [1.807, 2.05) is 12.1 Å². The van der Waals surface area contributed by atoms with Crippen LogP contribution in [0.3, 0.4) is 0 Å². The number of benzene rings is 2. The lowest BCUT2D eigenvalue weighted by Gasteiger charge is -2.25. The highest BCUT2D eigenvalue weighted by atomic mass is 16.4. The maximum absolute atomic E-state index is 13.1. The number of nitrogens with zero attached hydrogens (tertiary/aromatic N) is 2. The molecule has 1 aliphatic carbocycles. The van der Waals surface area contributed by atoms with Crippen LogP contribution in [0.1, 0.15) is 61.0 Å². The number of hydrogen-bond acceptors (Lipinski definition) is 5. The van der Waals surface area contributed by atoms with Gasteiger partial charge < -0.3 is 24.7 Å². The van der Waals surface area contributed by atoms with Crippen LogP contribution in [-0.2, 0) is 16.0 Å². The quantitative estimate of drug-likeness (QED) is 0.297. The van der Waals surface area contributed by atoms with Crippen molar-refractivity contribution in [1.82, 2.24) is 14.9 Å². The molecule has 0 spiro atoms. The van der Waals surface area contributed by atoms with E-state index in [0.29, 0.717) is 22.8 Å². The molecule has 0 saturated heterocycles. The zero-order chi connectivity index (χ0) is 26.6. The molecule has 1 aliphatic rings. The lowest BCUT2D eigenvalue weighted by molar-refractivity contribution is -0.139. The van der Waals surface area contributed by atoms with Gasteiger partial charge in [0.15, 0.2) is 0 Å². The fourth-order valence-corrected chi connectivity index (χ4v) is 5.15. The number of amides is 2. The average molecular weight is 515 g/mol. The molecule has 2 aromatic heterocycles. The standard InChI is InChI=1S/C29H30N4O5/c1-18(34)30-22-10-7-19(8-11-22)15-25(29(36)37)32-28(35)20-9-12-26-24(16-20)31-27(21-13-14-38-17-21)33(26)23-5-3-2-4-6-23/h7-14,16-17,23,25H,2-6,15H2,1H3,(H,30,34)(H,32,35)(H,36,37). The number of carboxylic acid groups (broad SMARTS) is 1. The van der Waals surface area contributed by atoms with Crippen LogP contribution < -0.4 is 10.6 Å². The molecule has 1 saturated carbocycles. The molecule has 9 heteroatoms. The van der Waals surface area contributed by atoms with Crippen LogP contribution in [-0.4, -0.2) is 38.5 Å². The normalized spacial score (nSPS) is 14.8. The topological polar surface area (TPSA) is 126 Å². The molecule has 2 aromatic carbocycles. The molecule has 38 heavy (non-hydrogen) atoms. The van der Waals surface area contributed by atoms with Crippen LogP contribution in [0.4, 0.5) is 5.69 Å². The Kier molecular flexibility index (Phi) is 7.26. The van der Waals surface area contributed by atoms with Gasteiger partial charge in [0, 0.05) is 30.6 Å². The summed E-state index contributed by atoms with van der Waals surface area (Å²) in [6.07, 6.45) is 9.12. The number of anilines is 1. The van der Waals surface area contributed by atoms with Gasteiger partial charge in [-0.3, -0.25) is 9.59 Å². The van der Waals surface area contributed by atoms with Crippen molar-refractivity contribution in [2.24, 2.45) is 0 Å². The lowest BCUT2D eigenvalue weighted by atomic mass is 9.95. The highest BCUT2D eigenvalue weighted by molar-refractivity contribution is 5.99. The van der Waals surface area contributed by atoms with Crippen LogP contribution in [0, 0.1) is 0 Å². The second-order valence-corrected chi connectivity index (χ2v) is 9.76. The number of nitrogens with one attached hydrogen (secondary N) is 2. The fraction of sp³-hybridized carbons (Fsp3) is 0.310. The summed E-state index contributed by atoms with van der Waals surface area (Å²) in [4.78, 5) is 41.2. The van der Waals surface area contributed by atoms with Gasteiger partial charge in [-0.2, -0.15) is 0 Å². The molecule has 196 valence electrons.